The number of likely N-dealkylation sites (N-methyl/N-ethyl adjacent to an activating group) is 1. The summed E-state index contributed by atoms with van der Waals surface area (Å²) in [6.07, 6.45) is 5.58. The molecule has 0 aromatic heterocycles. The first-order valence-electron chi connectivity index (χ1n) is 4.98. The van der Waals surface area contributed by atoms with Crippen LogP contribution in [0, 0.1) is 0 Å². The molecule has 0 bridgehead atoms. The molecule has 0 fully saturated rings. The van der Waals surface area contributed by atoms with Crippen molar-refractivity contribution in [2.24, 2.45) is 0 Å². The Morgan fingerprint density at radius 2 is 2.00 bits per heavy atom. The van der Waals surface area contributed by atoms with Gasteiger partial charge >= 0.3 is 0 Å². The van der Waals surface area contributed by atoms with E-state index < -0.39 is 0 Å². The first-order chi connectivity index (χ1) is 6.22. The van der Waals surface area contributed by atoms with Crippen LogP contribution in [0.4, 0.5) is 0 Å². The molecule has 1 atom stereocenters. The molecule has 3 nitrogen and oxygen atoms in total. The van der Waals surface area contributed by atoms with Gasteiger partial charge in [0.05, 0.1) is 6.04 Å². The van der Waals surface area contributed by atoms with Crippen LogP contribution in [-0.2, 0) is 4.79 Å². The van der Waals surface area contributed by atoms with Gasteiger partial charge in [-0.25, -0.2) is 0 Å². The molecule has 0 aliphatic heterocycles. The molecule has 0 aliphatic carbocycles. The van der Waals surface area contributed by atoms with E-state index in [2.05, 4.69) is 5.32 Å². The number of rotatable bonds is 8. The highest BCUT2D eigenvalue weighted by atomic mass is 16.1. The number of hydrogen-bond acceptors (Lipinski definition) is 3. The van der Waals surface area contributed by atoms with Crippen LogP contribution >= 0.6 is 0 Å². The summed E-state index contributed by atoms with van der Waals surface area (Å²) < 4.78 is 0. The summed E-state index contributed by atoms with van der Waals surface area (Å²) in [6.45, 7) is 1.08. The zero-order valence-corrected chi connectivity index (χ0v) is 9.05. The zero-order chi connectivity index (χ0) is 10.1. The van der Waals surface area contributed by atoms with Gasteiger partial charge in [0.25, 0.3) is 0 Å². The molecule has 0 rings (SSSR count). The molecule has 0 heterocycles. The van der Waals surface area contributed by atoms with Crippen LogP contribution in [0.3, 0.4) is 0 Å². The highest BCUT2D eigenvalue weighted by molar-refractivity contribution is 5.57. The molecule has 0 radical (unpaired) electrons. The van der Waals surface area contributed by atoms with Crippen LogP contribution in [0.1, 0.15) is 25.7 Å². The average molecular weight is 186 g/mol. The second-order valence-electron chi connectivity index (χ2n) is 3.62. The van der Waals surface area contributed by atoms with Gasteiger partial charge in [0.15, 0.2) is 0 Å². The van der Waals surface area contributed by atoms with Gasteiger partial charge in [0.2, 0.25) is 0 Å². The van der Waals surface area contributed by atoms with E-state index in [-0.39, 0.29) is 6.04 Å². The van der Waals surface area contributed by atoms with Crippen LogP contribution in [-0.4, -0.2) is 44.9 Å². The van der Waals surface area contributed by atoms with Crippen LogP contribution in [0.15, 0.2) is 0 Å². The van der Waals surface area contributed by atoms with Crippen LogP contribution in [0.5, 0.6) is 0 Å². The van der Waals surface area contributed by atoms with E-state index in [1.54, 1.807) is 0 Å². The van der Waals surface area contributed by atoms with Crippen molar-refractivity contribution in [3.8, 4) is 0 Å². The van der Waals surface area contributed by atoms with E-state index in [1.165, 1.54) is 12.8 Å². The lowest BCUT2D eigenvalue weighted by Gasteiger charge is -2.17. The number of nitrogens with one attached hydrogen (secondary N) is 1. The smallest absolute Gasteiger partial charge is 0.137 e. The van der Waals surface area contributed by atoms with Gasteiger partial charge in [0, 0.05) is 0 Å². The highest BCUT2D eigenvalue weighted by Gasteiger charge is 2.08. The van der Waals surface area contributed by atoms with Crippen molar-refractivity contribution in [1.29, 1.82) is 0 Å². The van der Waals surface area contributed by atoms with Crippen molar-refractivity contribution >= 4 is 6.29 Å². The number of hydrogen-bond donors (Lipinski definition) is 1. The second-order valence-corrected chi connectivity index (χ2v) is 3.62. The van der Waals surface area contributed by atoms with Gasteiger partial charge in [-0.2, -0.15) is 0 Å². The Morgan fingerprint density at radius 1 is 1.31 bits per heavy atom. The molecular formula is C10H22N2O. The quantitative estimate of drug-likeness (QED) is 0.451. The molecule has 0 aromatic carbocycles. The maximum Gasteiger partial charge on any atom is 0.137 e. The predicted octanol–water partition coefficient (Wildman–Crippen LogP) is 0.895. The van der Waals surface area contributed by atoms with Gasteiger partial charge in [-0.05, 0) is 40.5 Å². The third-order valence-electron chi connectivity index (χ3n) is 2.25. The molecule has 0 saturated carbocycles. The molecule has 0 spiro atoms. The molecule has 1 N–H and O–H groups in total. The topological polar surface area (TPSA) is 32.3 Å². The van der Waals surface area contributed by atoms with Gasteiger partial charge in [-0.3, -0.25) is 0 Å². The zero-order valence-electron chi connectivity index (χ0n) is 9.05. The lowest BCUT2D eigenvalue weighted by molar-refractivity contribution is -0.111. The predicted molar refractivity (Wildman–Crippen MR) is 55.9 cm³/mol. The number of unbranched alkanes of at least 4 members (excludes halogenated alkanes) is 2. The van der Waals surface area contributed by atoms with E-state index in [0.29, 0.717) is 0 Å². The summed E-state index contributed by atoms with van der Waals surface area (Å²) in [4.78, 5) is 12.6. The third kappa shape index (κ3) is 6.72. The van der Waals surface area contributed by atoms with Gasteiger partial charge in [-0.15, -0.1) is 0 Å². The van der Waals surface area contributed by atoms with Gasteiger partial charge < -0.3 is 15.0 Å². The maximum atomic E-state index is 10.6. The van der Waals surface area contributed by atoms with Gasteiger partial charge in [-0.1, -0.05) is 12.8 Å². The Labute approximate surface area is 81.5 Å². The lowest BCUT2D eigenvalue weighted by Crippen LogP contribution is -2.29. The van der Waals surface area contributed by atoms with E-state index in [9.17, 15) is 4.79 Å². The summed E-state index contributed by atoms with van der Waals surface area (Å²) in [5.41, 5.74) is 0. The molecule has 0 saturated heterocycles. The summed E-state index contributed by atoms with van der Waals surface area (Å²) in [5.74, 6) is 0. The number of nitrogens with zero attached hydrogens (tertiary/aromatic N) is 1. The van der Waals surface area contributed by atoms with Crippen molar-refractivity contribution in [3.05, 3.63) is 0 Å². The molecule has 0 unspecified atom stereocenters. The minimum atomic E-state index is 0.106. The van der Waals surface area contributed by atoms with Crippen molar-refractivity contribution in [2.45, 2.75) is 31.7 Å². The van der Waals surface area contributed by atoms with E-state index >= 15 is 0 Å². The average Bonchev–Trinajstić information content (AvgIpc) is 2.10. The molecule has 0 aliphatic rings. The SMILES string of the molecule is CNCCCCC[C@H](C=O)N(C)C. The van der Waals surface area contributed by atoms with Crippen molar-refractivity contribution < 1.29 is 4.79 Å². The van der Waals surface area contributed by atoms with Crippen molar-refractivity contribution in [2.75, 3.05) is 27.7 Å². The molecule has 13 heavy (non-hydrogen) atoms. The van der Waals surface area contributed by atoms with Crippen LogP contribution in [0.2, 0.25) is 0 Å². The summed E-state index contributed by atoms with van der Waals surface area (Å²) in [6, 6.07) is 0.106. The normalized spacial score (nSPS) is 13.2. The summed E-state index contributed by atoms with van der Waals surface area (Å²) in [7, 11) is 5.87. The molecular weight excluding hydrogens is 164 g/mol. The largest absolute Gasteiger partial charge is 0.320 e. The van der Waals surface area contributed by atoms with E-state index in [4.69, 9.17) is 0 Å². The third-order valence-corrected chi connectivity index (χ3v) is 2.25. The Hall–Kier alpha value is -0.410. The Kier molecular flexibility index (Phi) is 7.94. The first kappa shape index (κ1) is 12.6. The fourth-order valence-corrected chi connectivity index (χ4v) is 1.28. The molecule has 3 heteroatoms. The first-order valence-corrected chi connectivity index (χ1v) is 4.98. The van der Waals surface area contributed by atoms with Crippen molar-refractivity contribution in [3.63, 3.8) is 0 Å². The monoisotopic (exact) mass is 186 g/mol. The maximum absolute atomic E-state index is 10.6. The van der Waals surface area contributed by atoms with E-state index in [0.717, 1.165) is 25.7 Å². The Balaban J connectivity index is 3.33. The summed E-state index contributed by atoms with van der Waals surface area (Å²) >= 11 is 0. The van der Waals surface area contributed by atoms with Gasteiger partial charge in [0.1, 0.15) is 6.29 Å². The minimum absolute atomic E-state index is 0.106. The van der Waals surface area contributed by atoms with Crippen LogP contribution in [0.25, 0.3) is 0 Å². The number of carbonyl (C=O) groups is 1. The number of carbonyl (C=O) groups excluding carboxylic acids is 1. The summed E-state index contributed by atoms with van der Waals surface area (Å²) in [5, 5.41) is 3.11. The Bertz CT molecular complexity index is 126. The fraction of sp³-hybridized carbons (Fsp3) is 0.900. The van der Waals surface area contributed by atoms with Crippen molar-refractivity contribution in [1.82, 2.24) is 10.2 Å². The molecule has 78 valence electrons. The fourth-order valence-electron chi connectivity index (χ4n) is 1.28. The second kappa shape index (κ2) is 8.20. The number of aldehydes is 1. The van der Waals surface area contributed by atoms with E-state index in [1.807, 2.05) is 26.0 Å². The molecule has 0 aromatic rings. The highest BCUT2D eigenvalue weighted by Crippen LogP contribution is 2.05. The standard InChI is InChI=1S/C10H22N2O/c1-11-8-6-4-5-7-10(9-13)12(2)3/h9-11H,4-8H2,1-3H3/t10-/m1/s1. The minimum Gasteiger partial charge on any atom is -0.320 e. The molecule has 0 amide bonds. The Morgan fingerprint density at radius 3 is 2.46 bits per heavy atom. The lowest BCUT2D eigenvalue weighted by atomic mass is 10.1. The van der Waals surface area contributed by atoms with Crippen LogP contribution < -0.4 is 5.32 Å².